The minimum Gasteiger partial charge on any atom is -0.258 e. The fourth-order valence-corrected chi connectivity index (χ4v) is 1.16. The van der Waals surface area contributed by atoms with Crippen LogP contribution in [0.3, 0.4) is 0 Å². The van der Waals surface area contributed by atoms with Crippen molar-refractivity contribution in [3.63, 3.8) is 0 Å². The van der Waals surface area contributed by atoms with Gasteiger partial charge in [-0.3, -0.25) is 10.1 Å². The number of benzene rings is 1. The van der Waals surface area contributed by atoms with E-state index in [2.05, 4.69) is 4.99 Å². The molecular formula is C8H5ClN2O3. The summed E-state index contributed by atoms with van der Waals surface area (Å²) in [5.74, 6) is 0. The van der Waals surface area contributed by atoms with E-state index in [1.54, 1.807) is 6.92 Å². The Morgan fingerprint density at radius 2 is 2.21 bits per heavy atom. The molecule has 0 radical (unpaired) electrons. The van der Waals surface area contributed by atoms with Crippen LogP contribution >= 0.6 is 11.6 Å². The average Bonchev–Trinajstić information content (AvgIpc) is 2.11. The highest BCUT2D eigenvalue weighted by Crippen LogP contribution is 2.32. The number of aliphatic imine (C=N–C) groups is 1. The van der Waals surface area contributed by atoms with Crippen LogP contribution in [0.5, 0.6) is 0 Å². The Morgan fingerprint density at radius 1 is 1.57 bits per heavy atom. The van der Waals surface area contributed by atoms with Crippen molar-refractivity contribution in [2.24, 2.45) is 4.99 Å². The van der Waals surface area contributed by atoms with Crippen molar-refractivity contribution >= 4 is 29.1 Å². The van der Waals surface area contributed by atoms with Gasteiger partial charge in [0.05, 0.1) is 10.6 Å². The van der Waals surface area contributed by atoms with E-state index in [4.69, 9.17) is 11.6 Å². The van der Waals surface area contributed by atoms with E-state index in [9.17, 15) is 14.9 Å². The quantitative estimate of drug-likeness (QED) is 0.327. The molecule has 0 bridgehead atoms. The second-order valence-electron chi connectivity index (χ2n) is 2.56. The van der Waals surface area contributed by atoms with Crippen LogP contribution in [0.4, 0.5) is 11.4 Å². The van der Waals surface area contributed by atoms with Crippen molar-refractivity contribution in [3.05, 3.63) is 32.8 Å². The molecule has 5 nitrogen and oxygen atoms in total. The minimum absolute atomic E-state index is 0.0554. The van der Waals surface area contributed by atoms with Gasteiger partial charge in [0.1, 0.15) is 5.02 Å². The van der Waals surface area contributed by atoms with Crippen LogP contribution < -0.4 is 0 Å². The molecule has 14 heavy (non-hydrogen) atoms. The zero-order valence-corrected chi connectivity index (χ0v) is 7.91. The number of nitrogens with zero attached hydrogens (tertiary/aromatic N) is 2. The number of aryl methyl sites for hydroxylation is 1. The summed E-state index contributed by atoms with van der Waals surface area (Å²) in [4.78, 5) is 23.1. The van der Waals surface area contributed by atoms with Crippen LogP contribution in [0, 0.1) is 17.0 Å². The van der Waals surface area contributed by atoms with E-state index >= 15 is 0 Å². The van der Waals surface area contributed by atoms with E-state index in [0.29, 0.717) is 5.56 Å². The number of hydrogen-bond donors (Lipinski definition) is 0. The van der Waals surface area contributed by atoms with E-state index < -0.39 is 4.92 Å². The average molecular weight is 213 g/mol. The number of carbonyl (C=O) groups excluding carboxylic acids is 1. The van der Waals surface area contributed by atoms with Crippen molar-refractivity contribution in [3.8, 4) is 0 Å². The maximum Gasteiger partial charge on any atom is 0.290 e. The largest absolute Gasteiger partial charge is 0.290 e. The summed E-state index contributed by atoms with van der Waals surface area (Å²) in [5, 5.41) is 10.6. The van der Waals surface area contributed by atoms with Crippen molar-refractivity contribution in [1.82, 2.24) is 0 Å². The van der Waals surface area contributed by atoms with Gasteiger partial charge < -0.3 is 0 Å². The van der Waals surface area contributed by atoms with Gasteiger partial charge in [-0.2, -0.15) is 4.99 Å². The lowest BCUT2D eigenvalue weighted by atomic mass is 10.2. The molecule has 0 saturated heterocycles. The second-order valence-corrected chi connectivity index (χ2v) is 2.93. The molecule has 1 aromatic rings. The first-order valence-electron chi connectivity index (χ1n) is 3.58. The summed E-state index contributed by atoms with van der Waals surface area (Å²) in [7, 11) is 0. The predicted molar refractivity (Wildman–Crippen MR) is 50.6 cm³/mol. The molecule has 72 valence electrons. The van der Waals surface area contributed by atoms with Gasteiger partial charge in [0.15, 0.2) is 0 Å². The molecule has 0 aliphatic carbocycles. The molecule has 0 aliphatic heterocycles. The number of nitro groups is 1. The normalized spacial score (nSPS) is 9.29. The monoisotopic (exact) mass is 212 g/mol. The van der Waals surface area contributed by atoms with Crippen LogP contribution in [0.1, 0.15) is 5.56 Å². The molecule has 6 heteroatoms. The Hall–Kier alpha value is -1.71. The summed E-state index contributed by atoms with van der Waals surface area (Å²) >= 11 is 5.68. The molecule has 1 rings (SSSR count). The van der Waals surface area contributed by atoms with E-state index in [-0.39, 0.29) is 16.4 Å². The van der Waals surface area contributed by atoms with E-state index in [1.165, 1.54) is 12.1 Å². The van der Waals surface area contributed by atoms with Crippen molar-refractivity contribution in [1.29, 1.82) is 0 Å². The highest BCUT2D eigenvalue weighted by Gasteiger charge is 2.15. The molecule has 0 unspecified atom stereocenters. The highest BCUT2D eigenvalue weighted by molar-refractivity contribution is 6.33. The third-order valence-electron chi connectivity index (χ3n) is 1.59. The first-order chi connectivity index (χ1) is 6.56. The van der Waals surface area contributed by atoms with Gasteiger partial charge in [-0.15, -0.1) is 0 Å². The fraction of sp³-hybridized carbons (Fsp3) is 0.125. The van der Waals surface area contributed by atoms with Gasteiger partial charge in [0, 0.05) is 6.07 Å². The van der Waals surface area contributed by atoms with Crippen molar-refractivity contribution < 1.29 is 9.72 Å². The molecule has 0 amide bonds. The fourth-order valence-electron chi connectivity index (χ4n) is 0.982. The molecule has 0 atom stereocenters. The van der Waals surface area contributed by atoms with Crippen LogP contribution in [0.15, 0.2) is 17.1 Å². The summed E-state index contributed by atoms with van der Waals surface area (Å²) in [6.45, 7) is 1.60. The van der Waals surface area contributed by atoms with Gasteiger partial charge >= 0.3 is 0 Å². The Kier molecular flexibility index (Phi) is 2.96. The summed E-state index contributed by atoms with van der Waals surface area (Å²) in [6.07, 6.45) is 1.31. The minimum atomic E-state index is -0.626. The number of halogens is 1. The van der Waals surface area contributed by atoms with Gasteiger partial charge in [-0.1, -0.05) is 11.6 Å². The lowest BCUT2D eigenvalue weighted by Crippen LogP contribution is -1.90. The summed E-state index contributed by atoms with van der Waals surface area (Å²) in [5.41, 5.74) is 0.407. The Morgan fingerprint density at radius 3 is 2.71 bits per heavy atom. The van der Waals surface area contributed by atoms with Crippen molar-refractivity contribution in [2.75, 3.05) is 0 Å². The lowest BCUT2D eigenvalue weighted by Gasteiger charge is -1.99. The van der Waals surface area contributed by atoms with Crippen LogP contribution in [-0.2, 0) is 4.79 Å². The number of hydrogen-bond acceptors (Lipinski definition) is 4. The lowest BCUT2D eigenvalue weighted by molar-refractivity contribution is -0.384. The first kappa shape index (κ1) is 10.4. The van der Waals surface area contributed by atoms with Gasteiger partial charge in [-0.05, 0) is 18.6 Å². The number of rotatable bonds is 2. The van der Waals surface area contributed by atoms with Gasteiger partial charge in [0.25, 0.3) is 5.69 Å². The topological polar surface area (TPSA) is 72.6 Å². The maximum atomic E-state index is 10.5. The Labute approximate surface area is 84.2 Å². The zero-order chi connectivity index (χ0) is 10.7. The van der Waals surface area contributed by atoms with E-state index in [0.717, 1.165) is 6.07 Å². The predicted octanol–water partition coefficient (Wildman–Crippen LogP) is 2.52. The van der Waals surface area contributed by atoms with Crippen LogP contribution in [0.25, 0.3) is 0 Å². The SMILES string of the molecule is Cc1cc(N=C=O)cc([N+](=O)[O-])c1Cl. The molecule has 0 spiro atoms. The third-order valence-corrected chi connectivity index (χ3v) is 2.08. The number of isocyanates is 1. The Balaban J connectivity index is 3.42. The molecule has 0 heterocycles. The standard InChI is InChI=1S/C8H5ClN2O3/c1-5-2-6(10-4-12)3-7(8(5)9)11(13)14/h2-3H,1H3. The highest BCUT2D eigenvalue weighted by atomic mass is 35.5. The van der Waals surface area contributed by atoms with Crippen LogP contribution in [0.2, 0.25) is 5.02 Å². The molecule has 1 aromatic carbocycles. The first-order valence-corrected chi connectivity index (χ1v) is 3.96. The molecule has 0 aliphatic rings. The van der Waals surface area contributed by atoms with Gasteiger partial charge in [-0.25, -0.2) is 4.79 Å². The third kappa shape index (κ3) is 1.96. The molecule has 0 saturated carbocycles. The van der Waals surface area contributed by atoms with Crippen molar-refractivity contribution in [2.45, 2.75) is 6.92 Å². The molecule has 0 aromatic heterocycles. The second kappa shape index (κ2) is 4.00. The van der Waals surface area contributed by atoms with Gasteiger partial charge in [0.2, 0.25) is 6.08 Å². The smallest absolute Gasteiger partial charge is 0.258 e. The maximum absolute atomic E-state index is 10.5. The molecule has 0 N–H and O–H groups in total. The zero-order valence-electron chi connectivity index (χ0n) is 7.15. The Bertz CT molecular complexity index is 438. The molecular weight excluding hydrogens is 208 g/mol. The van der Waals surface area contributed by atoms with E-state index in [1.807, 2.05) is 0 Å². The summed E-state index contributed by atoms with van der Waals surface area (Å²) in [6, 6.07) is 2.60. The summed E-state index contributed by atoms with van der Waals surface area (Å²) < 4.78 is 0. The number of nitro benzene ring substituents is 1. The molecule has 0 fully saturated rings. The van der Waals surface area contributed by atoms with Crippen LogP contribution in [-0.4, -0.2) is 11.0 Å².